The van der Waals surface area contributed by atoms with E-state index in [0.29, 0.717) is 12.8 Å². The standard InChI is InChI=1S/C22H46O4S/c1-3-5-6-11-15-19-22(27(24,25)26)20-16-13-10-8-7-9-12-14-18-21(23)17-4-2/h21-23H,3-20H2,1-2H3,(H,24,25,26). The highest BCUT2D eigenvalue weighted by molar-refractivity contribution is 7.86. The van der Waals surface area contributed by atoms with E-state index in [0.717, 1.165) is 64.2 Å². The first-order valence-electron chi connectivity index (χ1n) is 11.6. The van der Waals surface area contributed by atoms with E-state index in [1.165, 1.54) is 38.5 Å². The maximum absolute atomic E-state index is 11.5. The van der Waals surface area contributed by atoms with E-state index in [9.17, 15) is 18.1 Å². The Hall–Kier alpha value is -0.130. The SMILES string of the molecule is CCCCCCCC(CCCCCCCCCCC(O)CCC)S(=O)(=O)O. The molecule has 0 rings (SSSR count). The van der Waals surface area contributed by atoms with Crippen LogP contribution >= 0.6 is 0 Å². The summed E-state index contributed by atoms with van der Waals surface area (Å²) in [6.45, 7) is 4.27. The summed E-state index contributed by atoms with van der Waals surface area (Å²) in [4.78, 5) is 0. The van der Waals surface area contributed by atoms with Gasteiger partial charge in [0.1, 0.15) is 0 Å². The molecule has 27 heavy (non-hydrogen) atoms. The topological polar surface area (TPSA) is 74.6 Å². The number of aliphatic hydroxyl groups is 1. The van der Waals surface area contributed by atoms with Gasteiger partial charge in [0.05, 0.1) is 11.4 Å². The first kappa shape index (κ1) is 26.9. The molecule has 2 N–H and O–H groups in total. The average Bonchev–Trinajstić information content (AvgIpc) is 2.60. The van der Waals surface area contributed by atoms with Crippen LogP contribution < -0.4 is 0 Å². The summed E-state index contributed by atoms with van der Waals surface area (Å²) in [5, 5.41) is 9.12. The Bertz CT molecular complexity index is 409. The van der Waals surface area contributed by atoms with Crippen molar-refractivity contribution in [1.82, 2.24) is 0 Å². The van der Waals surface area contributed by atoms with Gasteiger partial charge in [0, 0.05) is 0 Å². The molecule has 4 nitrogen and oxygen atoms in total. The lowest BCUT2D eigenvalue weighted by atomic mass is 10.0. The number of hydrogen-bond acceptors (Lipinski definition) is 3. The number of hydrogen-bond donors (Lipinski definition) is 2. The van der Waals surface area contributed by atoms with Crippen molar-refractivity contribution in [3.05, 3.63) is 0 Å². The minimum absolute atomic E-state index is 0.114. The van der Waals surface area contributed by atoms with Crippen molar-refractivity contribution in [3.8, 4) is 0 Å². The van der Waals surface area contributed by atoms with Crippen LogP contribution in [-0.4, -0.2) is 29.4 Å². The van der Waals surface area contributed by atoms with Crippen molar-refractivity contribution in [1.29, 1.82) is 0 Å². The quantitative estimate of drug-likeness (QED) is 0.175. The molecule has 0 bridgehead atoms. The van der Waals surface area contributed by atoms with Crippen LogP contribution in [0.25, 0.3) is 0 Å². The minimum Gasteiger partial charge on any atom is -0.393 e. The predicted molar refractivity (Wildman–Crippen MR) is 116 cm³/mol. The second-order valence-corrected chi connectivity index (χ2v) is 9.88. The highest BCUT2D eigenvalue weighted by Crippen LogP contribution is 2.19. The van der Waals surface area contributed by atoms with Crippen LogP contribution in [0.4, 0.5) is 0 Å². The van der Waals surface area contributed by atoms with Crippen LogP contribution in [0.3, 0.4) is 0 Å². The lowest BCUT2D eigenvalue weighted by Crippen LogP contribution is -2.20. The summed E-state index contributed by atoms with van der Waals surface area (Å²) >= 11 is 0. The number of unbranched alkanes of at least 4 members (excludes halogenated alkanes) is 11. The average molecular weight is 407 g/mol. The van der Waals surface area contributed by atoms with E-state index in [-0.39, 0.29) is 6.10 Å². The van der Waals surface area contributed by atoms with Gasteiger partial charge >= 0.3 is 0 Å². The molecule has 0 radical (unpaired) electrons. The Morgan fingerprint density at radius 2 is 1.00 bits per heavy atom. The molecule has 0 saturated heterocycles. The van der Waals surface area contributed by atoms with E-state index < -0.39 is 15.4 Å². The molecule has 164 valence electrons. The monoisotopic (exact) mass is 406 g/mol. The van der Waals surface area contributed by atoms with Gasteiger partial charge < -0.3 is 5.11 Å². The Morgan fingerprint density at radius 3 is 1.41 bits per heavy atom. The largest absolute Gasteiger partial charge is 0.393 e. The van der Waals surface area contributed by atoms with Crippen LogP contribution in [0.5, 0.6) is 0 Å². The van der Waals surface area contributed by atoms with Gasteiger partial charge in [0.25, 0.3) is 10.1 Å². The lowest BCUT2D eigenvalue weighted by Gasteiger charge is -2.13. The summed E-state index contributed by atoms with van der Waals surface area (Å²) in [7, 11) is -3.90. The first-order chi connectivity index (χ1) is 12.9. The summed E-state index contributed by atoms with van der Waals surface area (Å²) in [6, 6.07) is 0. The number of aliphatic hydroxyl groups excluding tert-OH is 1. The third kappa shape index (κ3) is 17.7. The molecular formula is C22H46O4S. The van der Waals surface area contributed by atoms with E-state index >= 15 is 0 Å². The highest BCUT2D eigenvalue weighted by atomic mass is 32.2. The Balaban J connectivity index is 3.63. The summed E-state index contributed by atoms with van der Waals surface area (Å²) in [5.74, 6) is 0. The Kier molecular flexibility index (Phi) is 17.8. The zero-order valence-corrected chi connectivity index (χ0v) is 18.8. The van der Waals surface area contributed by atoms with Crippen LogP contribution in [0.1, 0.15) is 129 Å². The normalized spacial score (nSPS) is 14.4. The fourth-order valence-corrected chi connectivity index (χ4v) is 4.64. The molecule has 0 saturated carbocycles. The molecule has 0 aromatic rings. The molecule has 0 heterocycles. The fourth-order valence-electron chi connectivity index (χ4n) is 3.71. The smallest absolute Gasteiger partial charge is 0.267 e. The summed E-state index contributed by atoms with van der Waals surface area (Å²) in [5.41, 5.74) is 0. The molecule has 0 amide bonds. The Morgan fingerprint density at radius 1 is 0.593 bits per heavy atom. The molecule has 0 aliphatic rings. The maximum atomic E-state index is 11.5. The van der Waals surface area contributed by atoms with E-state index in [4.69, 9.17) is 0 Å². The van der Waals surface area contributed by atoms with Crippen molar-refractivity contribution in [3.63, 3.8) is 0 Å². The Labute approximate surface area is 169 Å². The van der Waals surface area contributed by atoms with Crippen LogP contribution in [0.2, 0.25) is 0 Å². The number of rotatable bonds is 20. The second kappa shape index (κ2) is 17.9. The van der Waals surface area contributed by atoms with Gasteiger partial charge in [0.15, 0.2) is 0 Å². The van der Waals surface area contributed by atoms with Gasteiger partial charge in [-0.2, -0.15) is 8.42 Å². The van der Waals surface area contributed by atoms with Crippen molar-refractivity contribution >= 4 is 10.1 Å². The van der Waals surface area contributed by atoms with E-state index in [2.05, 4.69) is 13.8 Å². The molecule has 0 aromatic heterocycles. The van der Waals surface area contributed by atoms with Crippen molar-refractivity contribution < 1.29 is 18.1 Å². The van der Waals surface area contributed by atoms with E-state index in [1.807, 2.05) is 0 Å². The minimum atomic E-state index is -3.90. The molecule has 2 unspecified atom stereocenters. The molecule has 0 fully saturated rings. The molecule has 0 aliphatic heterocycles. The van der Waals surface area contributed by atoms with Crippen molar-refractivity contribution in [2.75, 3.05) is 0 Å². The fraction of sp³-hybridized carbons (Fsp3) is 1.00. The predicted octanol–water partition coefficient (Wildman–Crippen LogP) is 6.67. The molecule has 0 aliphatic carbocycles. The lowest BCUT2D eigenvalue weighted by molar-refractivity contribution is 0.150. The van der Waals surface area contributed by atoms with Crippen LogP contribution in [-0.2, 0) is 10.1 Å². The van der Waals surface area contributed by atoms with Crippen molar-refractivity contribution in [2.45, 2.75) is 141 Å². The molecule has 5 heteroatoms. The van der Waals surface area contributed by atoms with Gasteiger partial charge in [-0.25, -0.2) is 0 Å². The summed E-state index contributed by atoms with van der Waals surface area (Å²) < 4.78 is 32.5. The third-order valence-electron chi connectivity index (χ3n) is 5.49. The first-order valence-corrected chi connectivity index (χ1v) is 13.1. The maximum Gasteiger partial charge on any atom is 0.267 e. The van der Waals surface area contributed by atoms with Gasteiger partial charge in [-0.1, -0.05) is 104 Å². The molecule has 2 atom stereocenters. The van der Waals surface area contributed by atoms with Gasteiger partial charge in [0.2, 0.25) is 0 Å². The molecular weight excluding hydrogens is 360 g/mol. The van der Waals surface area contributed by atoms with Gasteiger partial charge in [-0.3, -0.25) is 4.55 Å². The van der Waals surface area contributed by atoms with Crippen LogP contribution in [0.15, 0.2) is 0 Å². The van der Waals surface area contributed by atoms with Gasteiger partial charge in [-0.05, 0) is 25.7 Å². The molecule has 0 spiro atoms. The zero-order valence-electron chi connectivity index (χ0n) is 18.0. The zero-order chi connectivity index (χ0) is 20.4. The highest BCUT2D eigenvalue weighted by Gasteiger charge is 2.21. The van der Waals surface area contributed by atoms with Crippen LogP contribution in [0, 0.1) is 0 Å². The second-order valence-electron chi connectivity index (χ2n) is 8.19. The van der Waals surface area contributed by atoms with Crippen molar-refractivity contribution in [2.24, 2.45) is 0 Å². The van der Waals surface area contributed by atoms with E-state index in [1.54, 1.807) is 0 Å². The summed E-state index contributed by atoms with van der Waals surface area (Å²) in [6.07, 6.45) is 18.6. The van der Waals surface area contributed by atoms with Gasteiger partial charge in [-0.15, -0.1) is 0 Å². The molecule has 0 aromatic carbocycles. The third-order valence-corrected chi connectivity index (χ3v) is 6.80.